The molecule has 2 aromatic carbocycles. The minimum absolute atomic E-state index is 0.159. The number of hydrogen-bond acceptors (Lipinski definition) is 7. The van der Waals surface area contributed by atoms with Crippen LogP contribution < -0.4 is 5.56 Å². The smallest absolute Gasteiger partial charge is 0.290 e. The average molecular weight is 567 g/mol. The molecule has 3 heterocycles. The molecule has 5 aromatic rings. The average Bonchev–Trinajstić information content (AvgIpc) is 3.70. The number of hydrogen-bond donors (Lipinski definition) is 2. The summed E-state index contributed by atoms with van der Waals surface area (Å²) in [5, 5.41) is 23.4. The van der Waals surface area contributed by atoms with Crippen molar-refractivity contribution in [3.8, 4) is 22.5 Å². The van der Waals surface area contributed by atoms with Crippen LogP contribution in [0.2, 0.25) is 0 Å². The zero-order chi connectivity index (χ0) is 27.6. The number of nitrogens with one attached hydrogen (secondary N) is 2. The summed E-state index contributed by atoms with van der Waals surface area (Å²) in [6.07, 6.45) is 12.2. The lowest BCUT2D eigenvalue weighted by Gasteiger charge is -2.22. The maximum Gasteiger partial charge on any atom is 0.290 e. The van der Waals surface area contributed by atoms with Crippen LogP contribution >= 0.6 is 11.8 Å². The second-order valence-electron chi connectivity index (χ2n) is 11.3. The van der Waals surface area contributed by atoms with Crippen LogP contribution in [0, 0.1) is 0 Å². The Kier molecular flexibility index (Phi) is 7.39. The third-order valence-electron chi connectivity index (χ3n) is 8.59. The summed E-state index contributed by atoms with van der Waals surface area (Å²) in [5.74, 6) is 1.97. The van der Waals surface area contributed by atoms with E-state index < -0.39 is 0 Å². The van der Waals surface area contributed by atoms with E-state index in [1.165, 1.54) is 51.4 Å². The zero-order valence-electron chi connectivity index (χ0n) is 23.1. The highest BCUT2D eigenvalue weighted by atomic mass is 32.2. The molecule has 2 saturated carbocycles. The highest BCUT2D eigenvalue weighted by molar-refractivity contribution is 8.00. The van der Waals surface area contributed by atoms with Gasteiger partial charge in [-0.1, -0.05) is 98.8 Å². The SMILES string of the molecule is O=c1[nH]nc(SC2CCCCC2)c2nc(C3CCCCC3)n(Cc3ccc(-c4ccccc4-c4nn[nH]n4)cc3)c12. The van der Waals surface area contributed by atoms with Crippen molar-refractivity contribution in [1.29, 1.82) is 0 Å². The molecule has 0 atom stereocenters. The van der Waals surface area contributed by atoms with E-state index in [9.17, 15) is 4.79 Å². The molecule has 10 heteroatoms. The summed E-state index contributed by atoms with van der Waals surface area (Å²) in [4.78, 5) is 18.5. The second-order valence-corrected chi connectivity index (χ2v) is 12.6. The number of fused-ring (bicyclic) bond motifs is 1. The van der Waals surface area contributed by atoms with Gasteiger partial charge in [0.15, 0.2) is 0 Å². The fourth-order valence-electron chi connectivity index (χ4n) is 6.49. The normalized spacial score (nSPS) is 16.9. The summed E-state index contributed by atoms with van der Waals surface area (Å²) < 4.78 is 2.18. The topological polar surface area (TPSA) is 118 Å². The van der Waals surface area contributed by atoms with Gasteiger partial charge in [0.25, 0.3) is 5.56 Å². The third kappa shape index (κ3) is 5.32. The standard InChI is InChI=1S/C31H34N8OS/c40-30-27-26(31(36-35-30)41-23-11-5-2-6-12-23)32-29(22-9-3-1-4-10-22)39(27)19-20-15-17-21(18-16-20)24-13-7-8-14-25(24)28-33-37-38-34-28/h7-8,13-18,22-23H,1-6,9-12,19H2,(H,35,40)(H,33,34,37,38). The molecule has 2 fully saturated rings. The number of thioether (sulfide) groups is 1. The van der Waals surface area contributed by atoms with Gasteiger partial charge in [-0.15, -0.1) is 10.2 Å². The molecule has 2 aliphatic carbocycles. The number of imidazole rings is 1. The number of H-pyrrole nitrogens is 2. The number of aromatic nitrogens is 8. The molecule has 210 valence electrons. The molecule has 0 saturated heterocycles. The van der Waals surface area contributed by atoms with Crippen molar-refractivity contribution in [3.05, 3.63) is 70.3 Å². The predicted octanol–water partition coefficient (Wildman–Crippen LogP) is 6.49. The lowest BCUT2D eigenvalue weighted by molar-refractivity contribution is 0.420. The summed E-state index contributed by atoms with van der Waals surface area (Å²) in [7, 11) is 0. The Balaban J connectivity index is 1.25. The third-order valence-corrected chi connectivity index (χ3v) is 9.91. The number of nitrogens with zero attached hydrogens (tertiary/aromatic N) is 6. The van der Waals surface area contributed by atoms with E-state index in [0.717, 1.165) is 51.5 Å². The van der Waals surface area contributed by atoms with Crippen LogP contribution in [0.4, 0.5) is 0 Å². The van der Waals surface area contributed by atoms with Crippen LogP contribution in [-0.2, 0) is 6.54 Å². The van der Waals surface area contributed by atoms with E-state index in [1.54, 1.807) is 11.8 Å². The fraction of sp³-hybridized carbons (Fsp3) is 0.419. The molecule has 3 aromatic heterocycles. The molecular formula is C31H34N8OS. The Morgan fingerprint density at radius 2 is 1.59 bits per heavy atom. The summed E-state index contributed by atoms with van der Waals surface area (Å²) >= 11 is 1.80. The molecule has 0 spiro atoms. The van der Waals surface area contributed by atoms with E-state index >= 15 is 0 Å². The van der Waals surface area contributed by atoms with Crippen molar-refractivity contribution in [3.63, 3.8) is 0 Å². The van der Waals surface area contributed by atoms with Gasteiger partial charge >= 0.3 is 0 Å². The van der Waals surface area contributed by atoms with Crippen LogP contribution in [-0.4, -0.2) is 45.6 Å². The number of rotatable bonds is 7. The molecule has 2 N–H and O–H groups in total. The Morgan fingerprint density at radius 1 is 0.854 bits per heavy atom. The van der Waals surface area contributed by atoms with Gasteiger partial charge in [-0.05, 0) is 47.6 Å². The summed E-state index contributed by atoms with van der Waals surface area (Å²) in [5.41, 5.74) is 5.44. The lowest BCUT2D eigenvalue weighted by Crippen LogP contribution is -2.17. The lowest BCUT2D eigenvalue weighted by atomic mass is 9.88. The first-order valence-corrected chi connectivity index (χ1v) is 15.7. The minimum atomic E-state index is -0.159. The molecular weight excluding hydrogens is 532 g/mol. The van der Waals surface area contributed by atoms with E-state index in [1.807, 2.05) is 18.2 Å². The van der Waals surface area contributed by atoms with Gasteiger partial charge in [0.05, 0.1) is 0 Å². The molecule has 0 unspecified atom stereocenters. The van der Waals surface area contributed by atoms with Gasteiger partial charge in [0, 0.05) is 23.3 Å². The maximum atomic E-state index is 13.3. The summed E-state index contributed by atoms with van der Waals surface area (Å²) in [6.45, 7) is 0.593. The Morgan fingerprint density at radius 3 is 2.32 bits per heavy atom. The Labute approximate surface area is 242 Å². The van der Waals surface area contributed by atoms with E-state index in [2.05, 4.69) is 65.7 Å². The zero-order valence-corrected chi connectivity index (χ0v) is 23.9. The molecule has 0 aliphatic heterocycles. The van der Waals surface area contributed by atoms with E-state index in [4.69, 9.17) is 4.98 Å². The van der Waals surface area contributed by atoms with Gasteiger partial charge in [-0.25, -0.2) is 10.1 Å². The molecule has 41 heavy (non-hydrogen) atoms. The van der Waals surface area contributed by atoms with E-state index in [0.29, 0.717) is 29.1 Å². The fourth-order valence-corrected chi connectivity index (χ4v) is 7.73. The van der Waals surface area contributed by atoms with Crippen LogP contribution in [0.5, 0.6) is 0 Å². The summed E-state index contributed by atoms with van der Waals surface area (Å²) in [6, 6.07) is 16.6. The van der Waals surface area contributed by atoms with Crippen molar-refractivity contribution < 1.29 is 0 Å². The van der Waals surface area contributed by atoms with Gasteiger partial charge in [-0.2, -0.15) is 10.3 Å². The molecule has 9 nitrogen and oxygen atoms in total. The van der Waals surface area contributed by atoms with Crippen LogP contribution in [0.15, 0.2) is 58.4 Å². The van der Waals surface area contributed by atoms with Crippen LogP contribution in [0.3, 0.4) is 0 Å². The van der Waals surface area contributed by atoms with Gasteiger partial charge in [-0.3, -0.25) is 4.79 Å². The highest BCUT2D eigenvalue weighted by Gasteiger charge is 2.27. The van der Waals surface area contributed by atoms with Crippen LogP contribution in [0.1, 0.15) is 81.5 Å². The first-order valence-electron chi connectivity index (χ1n) is 14.8. The van der Waals surface area contributed by atoms with Gasteiger partial charge < -0.3 is 4.57 Å². The van der Waals surface area contributed by atoms with Gasteiger partial charge in [0.2, 0.25) is 5.82 Å². The maximum absolute atomic E-state index is 13.3. The Hall–Kier alpha value is -3.79. The van der Waals surface area contributed by atoms with E-state index in [-0.39, 0.29) is 5.56 Å². The van der Waals surface area contributed by atoms with Crippen molar-refractivity contribution in [1.82, 2.24) is 40.4 Å². The highest BCUT2D eigenvalue weighted by Crippen LogP contribution is 2.38. The monoisotopic (exact) mass is 566 g/mol. The van der Waals surface area contributed by atoms with Crippen molar-refractivity contribution in [2.24, 2.45) is 0 Å². The van der Waals surface area contributed by atoms with Crippen LogP contribution in [0.25, 0.3) is 33.5 Å². The second kappa shape index (κ2) is 11.6. The number of tetrazole rings is 1. The number of aromatic amines is 2. The first-order chi connectivity index (χ1) is 20.2. The number of benzene rings is 2. The molecule has 2 aliphatic rings. The molecule has 0 bridgehead atoms. The van der Waals surface area contributed by atoms with Gasteiger partial charge in [0.1, 0.15) is 21.9 Å². The minimum Gasteiger partial charge on any atom is -0.319 e. The predicted molar refractivity (Wildman–Crippen MR) is 161 cm³/mol. The van der Waals surface area contributed by atoms with Crippen molar-refractivity contribution in [2.75, 3.05) is 0 Å². The largest absolute Gasteiger partial charge is 0.319 e. The quantitative estimate of drug-likeness (QED) is 0.231. The first kappa shape index (κ1) is 26.1. The Bertz CT molecular complexity index is 1680. The molecule has 0 amide bonds. The molecule has 0 radical (unpaired) electrons. The molecule has 7 rings (SSSR count). The van der Waals surface area contributed by atoms with Crippen molar-refractivity contribution >= 4 is 22.8 Å². The van der Waals surface area contributed by atoms with Crippen molar-refractivity contribution in [2.45, 2.75) is 86.9 Å².